The normalized spacial score (nSPS) is 12.4. The van der Waals surface area contributed by atoms with E-state index in [0.717, 1.165) is 12.5 Å². The predicted molar refractivity (Wildman–Crippen MR) is 75.5 cm³/mol. The van der Waals surface area contributed by atoms with Crippen molar-refractivity contribution in [3.05, 3.63) is 44.0 Å². The monoisotopic (exact) mass is 281 g/mol. The Labute approximate surface area is 117 Å². The molecule has 0 amide bonds. The summed E-state index contributed by atoms with van der Waals surface area (Å²) in [5.41, 5.74) is -0.0265. The van der Waals surface area contributed by atoms with Crippen LogP contribution in [0.5, 0.6) is 0 Å². The van der Waals surface area contributed by atoms with Crippen molar-refractivity contribution in [2.24, 2.45) is 5.92 Å². The van der Waals surface area contributed by atoms with E-state index in [0.29, 0.717) is 18.0 Å². The molecule has 0 spiro atoms. The third-order valence-corrected chi connectivity index (χ3v) is 3.28. The van der Waals surface area contributed by atoms with Gasteiger partial charge >= 0.3 is 0 Å². The standard InChI is InChI=1S/C13H19N3O4/c1-4-12(9(2)3)14-8-10-5-6-11(15(17)18)7-13(10)16(19)20/h5-7,9,12,14H,4,8H2,1-3H3. The maximum absolute atomic E-state index is 11.0. The van der Waals surface area contributed by atoms with Crippen LogP contribution in [0.25, 0.3) is 0 Å². The van der Waals surface area contributed by atoms with Crippen LogP contribution in [0.1, 0.15) is 32.8 Å². The van der Waals surface area contributed by atoms with Crippen molar-refractivity contribution in [1.29, 1.82) is 0 Å². The molecule has 0 aliphatic heterocycles. The highest BCUT2D eigenvalue weighted by atomic mass is 16.6. The Morgan fingerprint density at radius 2 is 1.85 bits per heavy atom. The smallest absolute Gasteiger partial charge is 0.280 e. The van der Waals surface area contributed by atoms with Crippen molar-refractivity contribution in [2.75, 3.05) is 0 Å². The minimum atomic E-state index is -0.632. The zero-order chi connectivity index (χ0) is 15.3. The molecule has 0 radical (unpaired) electrons. The molecule has 1 atom stereocenters. The number of nitrogens with zero attached hydrogens (tertiary/aromatic N) is 2. The first-order valence-electron chi connectivity index (χ1n) is 6.51. The Bertz CT molecular complexity index is 502. The lowest BCUT2D eigenvalue weighted by Gasteiger charge is -2.20. The Hall–Kier alpha value is -2.02. The summed E-state index contributed by atoms with van der Waals surface area (Å²) in [5, 5.41) is 24.9. The lowest BCUT2D eigenvalue weighted by molar-refractivity contribution is -0.394. The number of rotatable bonds is 7. The Kier molecular flexibility index (Phi) is 5.57. The molecule has 0 bridgehead atoms. The molecule has 7 nitrogen and oxygen atoms in total. The fourth-order valence-electron chi connectivity index (χ4n) is 2.08. The maximum atomic E-state index is 11.0. The van der Waals surface area contributed by atoms with Crippen molar-refractivity contribution < 1.29 is 9.85 Å². The van der Waals surface area contributed by atoms with Crippen LogP contribution in [0.3, 0.4) is 0 Å². The second-order valence-electron chi connectivity index (χ2n) is 4.97. The molecule has 0 heterocycles. The average Bonchev–Trinajstić information content (AvgIpc) is 2.38. The van der Waals surface area contributed by atoms with E-state index in [2.05, 4.69) is 19.2 Å². The molecule has 0 aromatic heterocycles. The molecule has 20 heavy (non-hydrogen) atoms. The Morgan fingerprint density at radius 1 is 1.20 bits per heavy atom. The van der Waals surface area contributed by atoms with E-state index in [4.69, 9.17) is 0 Å². The lowest BCUT2D eigenvalue weighted by Crippen LogP contribution is -2.32. The third kappa shape index (κ3) is 3.99. The second-order valence-corrected chi connectivity index (χ2v) is 4.97. The first-order chi connectivity index (χ1) is 9.36. The molecule has 1 aromatic rings. The minimum absolute atomic E-state index is 0.217. The second kappa shape index (κ2) is 6.95. The van der Waals surface area contributed by atoms with Gasteiger partial charge in [-0.2, -0.15) is 0 Å². The van der Waals surface area contributed by atoms with E-state index < -0.39 is 9.85 Å². The topological polar surface area (TPSA) is 98.3 Å². The van der Waals surface area contributed by atoms with E-state index in [9.17, 15) is 20.2 Å². The van der Waals surface area contributed by atoms with Crippen molar-refractivity contribution in [3.8, 4) is 0 Å². The van der Waals surface area contributed by atoms with Gasteiger partial charge in [-0.05, 0) is 18.4 Å². The van der Waals surface area contributed by atoms with Gasteiger partial charge in [-0.25, -0.2) is 0 Å². The number of non-ortho nitro benzene ring substituents is 1. The summed E-state index contributed by atoms with van der Waals surface area (Å²) in [6.07, 6.45) is 0.915. The maximum Gasteiger partial charge on any atom is 0.280 e. The largest absolute Gasteiger partial charge is 0.309 e. The fraction of sp³-hybridized carbons (Fsp3) is 0.538. The zero-order valence-corrected chi connectivity index (χ0v) is 11.8. The molecule has 0 saturated carbocycles. The summed E-state index contributed by atoms with van der Waals surface area (Å²) >= 11 is 0. The van der Waals surface area contributed by atoms with Gasteiger partial charge < -0.3 is 5.32 Å². The van der Waals surface area contributed by atoms with Gasteiger partial charge in [-0.15, -0.1) is 0 Å². The lowest BCUT2D eigenvalue weighted by atomic mass is 10.0. The van der Waals surface area contributed by atoms with E-state index in [1.165, 1.54) is 12.1 Å². The van der Waals surface area contributed by atoms with Crippen LogP contribution in [-0.4, -0.2) is 15.9 Å². The predicted octanol–water partition coefficient (Wildman–Crippen LogP) is 3.03. The molecule has 0 aliphatic rings. The van der Waals surface area contributed by atoms with E-state index in [1.54, 1.807) is 0 Å². The van der Waals surface area contributed by atoms with Crippen LogP contribution in [0, 0.1) is 26.1 Å². The van der Waals surface area contributed by atoms with E-state index in [1.807, 2.05) is 6.92 Å². The van der Waals surface area contributed by atoms with Gasteiger partial charge in [0.2, 0.25) is 0 Å². The van der Waals surface area contributed by atoms with Crippen molar-refractivity contribution >= 4 is 11.4 Å². The zero-order valence-electron chi connectivity index (χ0n) is 11.8. The molecular weight excluding hydrogens is 262 g/mol. The number of benzene rings is 1. The molecule has 110 valence electrons. The molecule has 1 N–H and O–H groups in total. The number of hydrogen-bond acceptors (Lipinski definition) is 5. The van der Waals surface area contributed by atoms with Crippen LogP contribution >= 0.6 is 0 Å². The molecule has 0 saturated heterocycles. The first kappa shape index (κ1) is 16.0. The van der Waals surface area contributed by atoms with E-state index >= 15 is 0 Å². The number of nitrogens with one attached hydrogen (secondary N) is 1. The van der Waals surface area contributed by atoms with Gasteiger partial charge in [0.15, 0.2) is 0 Å². The molecule has 0 fully saturated rings. The van der Waals surface area contributed by atoms with Gasteiger partial charge in [0.1, 0.15) is 0 Å². The molecule has 0 aliphatic carbocycles. The van der Waals surface area contributed by atoms with Gasteiger partial charge in [-0.1, -0.05) is 20.8 Å². The molecule has 1 unspecified atom stereocenters. The highest BCUT2D eigenvalue weighted by Crippen LogP contribution is 2.24. The summed E-state index contributed by atoms with van der Waals surface area (Å²) in [6.45, 7) is 6.52. The van der Waals surface area contributed by atoms with Gasteiger partial charge in [-0.3, -0.25) is 20.2 Å². The molecule has 1 aromatic carbocycles. The van der Waals surface area contributed by atoms with Crippen molar-refractivity contribution in [2.45, 2.75) is 39.8 Å². The molecule has 7 heteroatoms. The van der Waals surface area contributed by atoms with Gasteiger partial charge in [0.25, 0.3) is 11.4 Å². The summed E-state index contributed by atoms with van der Waals surface area (Å²) in [4.78, 5) is 20.4. The van der Waals surface area contributed by atoms with Crippen LogP contribution in [0.4, 0.5) is 11.4 Å². The summed E-state index contributed by atoms with van der Waals surface area (Å²) in [5.74, 6) is 0.414. The minimum Gasteiger partial charge on any atom is -0.309 e. The SMILES string of the molecule is CCC(NCc1ccc([N+](=O)[O-])cc1[N+](=O)[O-])C(C)C. The highest BCUT2D eigenvalue weighted by molar-refractivity contribution is 5.49. The summed E-state index contributed by atoms with van der Waals surface area (Å²) < 4.78 is 0. The van der Waals surface area contributed by atoms with Gasteiger partial charge in [0, 0.05) is 24.2 Å². The number of nitro groups is 2. The van der Waals surface area contributed by atoms with Crippen LogP contribution in [0.15, 0.2) is 18.2 Å². The summed E-state index contributed by atoms with van der Waals surface area (Å²) in [6, 6.07) is 3.99. The highest BCUT2D eigenvalue weighted by Gasteiger charge is 2.20. The Balaban J connectivity index is 2.94. The average molecular weight is 281 g/mol. The quantitative estimate of drug-likeness (QED) is 0.611. The van der Waals surface area contributed by atoms with Gasteiger partial charge in [0.05, 0.1) is 15.9 Å². The van der Waals surface area contributed by atoms with Crippen LogP contribution in [-0.2, 0) is 6.54 Å². The number of nitro benzene ring substituents is 2. The molecule has 1 rings (SSSR count). The first-order valence-corrected chi connectivity index (χ1v) is 6.51. The Morgan fingerprint density at radius 3 is 2.30 bits per heavy atom. The molecular formula is C13H19N3O4. The fourth-order valence-corrected chi connectivity index (χ4v) is 2.08. The van der Waals surface area contributed by atoms with E-state index in [-0.39, 0.29) is 17.4 Å². The van der Waals surface area contributed by atoms with Crippen molar-refractivity contribution in [1.82, 2.24) is 5.32 Å². The summed E-state index contributed by atoms with van der Waals surface area (Å²) in [7, 11) is 0. The van der Waals surface area contributed by atoms with Crippen LogP contribution in [0.2, 0.25) is 0 Å². The van der Waals surface area contributed by atoms with Crippen LogP contribution < -0.4 is 5.32 Å². The number of hydrogen-bond donors (Lipinski definition) is 1. The van der Waals surface area contributed by atoms with Crippen molar-refractivity contribution in [3.63, 3.8) is 0 Å². The third-order valence-electron chi connectivity index (χ3n) is 3.28.